The Morgan fingerprint density at radius 1 is 1.32 bits per heavy atom. The number of hydrogen-bond acceptors (Lipinski definition) is 3. The van der Waals surface area contributed by atoms with Crippen LogP contribution in [0.3, 0.4) is 0 Å². The van der Waals surface area contributed by atoms with Gasteiger partial charge >= 0.3 is 0 Å². The number of fused-ring (bicyclic) bond motifs is 1. The Morgan fingerprint density at radius 2 is 2.11 bits per heavy atom. The van der Waals surface area contributed by atoms with E-state index in [1.54, 1.807) is 19.2 Å². The van der Waals surface area contributed by atoms with Crippen molar-refractivity contribution in [2.24, 2.45) is 0 Å². The van der Waals surface area contributed by atoms with Crippen molar-refractivity contribution < 1.29 is 9.50 Å². The molecule has 0 bridgehead atoms. The van der Waals surface area contributed by atoms with Crippen molar-refractivity contribution in [1.29, 1.82) is 0 Å². The van der Waals surface area contributed by atoms with Gasteiger partial charge in [0, 0.05) is 18.0 Å². The van der Waals surface area contributed by atoms with Gasteiger partial charge in [0.1, 0.15) is 5.82 Å². The van der Waals surface area contributed by atoms with Crippen molar-refractivity contribution in [3.05, 3.63) is 47.1 Å². The Balaban J connectivity index is 2.42. The van der Waals surface area contributed by atoms with Crippen LogP contribution in [0.5, 0.6) is 5.88 Å². The number of aromatic nitrogens is 3. The van der Waals surface area contributed by atoms with E-state index in [0.717, 1.165) is 0 Å². The molecule has 2 aromatic heterocycles. The average Bonchev–Trinajstić information content (AvgIpc) is 2.81. The summed E-state index contributed by atoms with van der Waals surface area (Å²) in [6.07, 6.45) is 3.06. The zero-order chi connectivity index (χ0) is 13.6. The molecule has 0 spiro atoms. The topological polar surface area (TPSA) is 50.4 Å². The number of imidazole rings is 1. The molecule has 96 valence electrons. The number of hydrogen-bond donors (Lipinski definition) is 1. The van der Waals surface area contributed by atoms with Crippen molar-refractivity contribution in [2.75, 3.05) is 0 Å². The summed E-state index contributed by atoms with van der Waals surface area (Å²) in [5.41, 5.74) is 0.874. The summed E-state index contributed by atoms with van der Waals surface area (Å²) >= 11 is 6.03. The molecular weight excluding hydrogens is 269 g/mol. The van der Waals surface area contributed by atoms with E-state index in [-0.39, 0.29) is 22.0 Å². The Bertz CT molecular complexity index is 765. The molecule has 0 aliphatic heterocycles. The van der Waals surface area contributed by atoms with Crippen LogP contribution in [0.15, 0.2) is 30.6 Å². The first-order valence-corrected chi connectivity index (χ1v) is 5.94. The summed E-state index contributed by atoms with van der Waals surface area (Å²) in [6.45, 7) is 1.67. The number of rotatable bonds is 1. The second kappa shape index (κ2) is 4.20. The van der Waals surface area contributed by atoms with Crippen LogP contribution in [0.4, 0.5) is 4.39 Å². The lowest BCUT2D eigenvalue weighted by Gasteiger charge is -2.12. The van der Waals surface area contributed by atoms with Gasteiger partial charge in [0.15, 0.2) is 0 Å². The lowest BCUT2D eigenvalue weighted by molar-refractivity contribution is 0.446. The van der Waals surface area contributed by atoms with Crippen molar-refractivity contribution in [1.82, 2.24) is 14.4 Å². The first-order valence-electron chi connectivity index (χ1n) is 5.56. The molecule has 19 heavy (non-hydrogen) atoms. The quantitative estimate of drug-likeness (QED) is 0.743. The molecule has 0 amide bonds. The summed E-state index contributed by atoms with van der Waals surface area (Å²) < 4.78 is 15.4. The van der Waals surface area contributed by atoms with Gasteiger partial charge in [-0.05, 0) is 19.1 Å². The van der Waals surface area contributed by atoms with Gasteiger partial charge in [0.2, 0.25) is 11.7 Å². The van der Waals surface area contributed by atoms with E-state index in [1.165, 1.54) is 22.7 Å². The summed E-state index contributed by atoms with van der Waals surface area (Å²) in [6, 6.07) is 4.37. The van der Waals surface area contributed by atoms with Crippen LogP contribution in [0.1, 0.15) is 5.69 Å². The maximum absolute atomic E-state index is 14.0. The van der Waals surface area contributed by atoms with Gasteiger partial charge in [-0.2, -0.15) is 0 Å². The lowest BCUT2D eigenvalue weighted by atomic mass is 10.0. The third kappa shape index (κ3) is 1.74. The maximum atomic E-state index is 14.0. The van der Waals surface area contributed by atoms with Gasteiger partial charge in [-0.15, -0.1) is 0 Å². The summed E-state index contributed by atoms with van der Waals surface area (Å²) in [5, 5.41) is 10.5. The van der Waals surface area contributed by atoms with Crippen LogP contribution in [-0.4, -0.2) is 19.5 Å². The highest BCUT2D eigenvalue weighted by atomic mass is 35.5. The molecular formula is C13H9ClFN3O. The first-order chi connectivity index (χ1) is 9.09. The normalized spacial score (nSPS) is 11.1. The predicted molar refractivity (Wildman–Crippen MR) is 69.8 cm³/mol. The van der Waals surface area contributed by atoms with Gasteiger partial charge in [-0.1, -0.05) is 17.7 Å². The fraction of sp³-hybridized carbons (Fsp3) is 0.0769. The molecule has 1 aromatic carbocycles. The molecule has 0 fully saturated rings. The first kappa shape index (κ1) is 11.9. The smallest absolute Gasteiger partial charge is 0.236 e. The standard InChI is InChI=1S/C13H9ClFN3O/c1-7-10(11-8(14)3-2-4-9(11)15)12(19)18-6-5-16-13(18)17-7/h2-6,19H,1H3. The van der Waals surface area contributed by atoms with Crippen molar-refractivity contribution in [3.63, 3.8) is 0 Å². The van der Waals surface area contributed by atoms with Crippen molar-refractivity contribution >= 4 is 17.4 Å². The van der Waals surface area contributed by atoms with E-state index in [4.69, 9.17) is 11.6 Å². The maximum Gasteiger partial charge on any atom is 0.236 e. The number of aromatic hydroxyl groups is 1. The zero-order valence-electron chi connectivity index (χ0n) is 9.93. The molecule has 0 radical (unpaired) electrons. The monoisotopic (exact) mass is 277 g/mol. The molecule has 2 heterocycles. The van der Waals surface area contributed by atoms with Crippen LogP contribution >= 0.6 is 11.6 Å². The largest absolute Gasteiger partial charge is 0.494 e. The van der Waals surface area contributed by atoms with Gasteiger partial charge < -0.3 is 5.11 Å². The molecule has 0 saturated heterocycles. The van der Waals surface area contributed by atoms with Crippen LogP contribution in [0.25, 0.3) is 16.9 Å². The Kier molecular flexibility index (Phi) is 2.64. The fourth-order valence-electron chi connectivity index (χ4n) is 2.06. The third-order valence-electron chi connectivity index (χ3n) is 2.92. The molecule has 0 aliphatic rings. The van der Waals surface area contributed by atoms with Crippen LogP contribution in [0.2, 0.25) is 5.02 Å². The Hall–Kier alpha value is -2.14. The molecule has 0 atom stereocenters. The molecule has 4 nitrogen and oxygen atoms in total. The van der Waals surface area contributed by atoms with Gasteiger partial charge in [0.05, 0.1) is 16.3 Å². The Labute approximate surface area is 113 Å². The molecule has 0 aliphatic carbocycles. The minimum atomic E-state index is -0.507. The average molecular weight is 278 g/mol. The van der Waals surface area contributed by atoms with Crippen LogP contribution in [0, 0.1) is 12.7 Å². The van der Waals surface area contributed by atoms with E-state index < -0.39 is 5.82 Å². The van der Waals surface area contributed by atoms with Crippen LogP contribution < -0.4 is 0 Å². The second-order valence-electron chi connectivity index (χ2n) is 4.09. The fourth-order valence-corrected chi connectivity index (χ4v) is 2.32. The zero-order valence-corrected chi connectivity index (χ0v) is 10.7. The molecule has 3 aromatic rings. The molecule has 3 rings (SSSR count). The van der Waals surface area contributed by atoms with Crippen LogP contribution in [-0.2, 0) is 0 Å². The highest BCUT2D eigenvalue weighted by Gasteiger charge is 2.19. The van der Waals surface area contributed by atoms with E-state index in [0.29, 0.717) is 11.5 Å². The molecule has 0 unspecified atom stereocenters. The molecule has 1 N–H and O–H groups in total. The predicted octanol–water partition coefficient (Wildman–Crippen LogP) is 3.20. The van der Waals surface area contributed by atoms with Crippen molar-refractivity contribution in [3.8, 4) is 17.0 Å². The van der Waals surface area contributed by atoms with E-state index >= 15 is 0 Å². The minimum absolute atomic E-state index is 0.132. The van der Waals surface area contributed by atoms with E-state index in [1.807, 2.05) is 0 Å². The summed E-state index contributed by atoms with van der Waals surface area (Å²) in [4.78, 5) is 8.21. The Morgan fingerprint density at radius 3 is 2.84 bits per heavy atom. The minimum Gasteiger partial charge on any atom is -0.494 e. The van der Waals surface area contributed by atoms with E-state index in [9.17, 15) is 9.50 Å². The SMILES string of the molecule is Cc1nc2nccn2c(O)c1-c1c(F)cccc1Cl. The van der Waals surface area contributed by atoms with Gasteiger partial charge in [-0.3, -0.25) is 4.40 Å². The highest BCUT2D eigenvalue weighted by molar-refractivity contribution is 6.33. The summed E-state index contributed by atoms with van der Waals surface area (Å²) in [7, 11) is 0. The summed E-state index contributed by atoms with van der Waals surface area (Å²) in [5.74, 6) is -0.287. The van der Waals surface area contributed by atoms with Crippen molar-refractivity contribution in [2.45, 2.75) is 6.92 Å². The number of nitrogens with zero attached hydrogens (tertiary/aromatic N) is 3. The van der Waals surface area contributed by atoms with E-state index in [2.05, 4.69) is 9.97 Å². The second-order valence-corrected chi connectivity index (χ2v) is 4.50. The molecule has 6 heteroatoms. The number of benzene rings is 1. The third-order valence-corrected chi connectivity index (χ3v) is 3.23. The lowest BCUT2D eigenvalue weighted by Crippen LogP contribution is -1.99. The number of halogens is 2. The van der Waals surface area contributed by atoms with Gasteiger partial charge in [-0.25, -0.2) is 14.4 Å². The number of aryl methyl sites for hydroxylation is 1. The van der Waals surface area contributed by atoms with Gasteiger partial charge in [0.25, 0.3) is 0 Å². The highest BCUT2D eigenvalue weighted by Crippen LogP contribution is 2.37. The molecule has 0 saturated carbocycles.